The van der Waals surface area contributed by atoms with Crippen LogP contribution in [0.1, 0.15) is 27.4 Å². The van der Waals surface area contributed by atoms with Crippen LogP contribution in [0.4, 0.5) is 0 Å². The highest BCUT2D eigenvalue weighted by Crippen LogP contribution is 2.31. The van der Waals surface area contributed by atoms with E-state index in [4.69, 9.17) is 10.5 Å². The topological polar surface area (TPSA) is 64.3 Å². The second-order valence-electron chi connectivity index (χ2n) is 4.47. The maximum Gasteiger partial charge on any atom is 0.265 e. The molecule has 0 aromatic carbocycles. The van der Waals surface area contributed by atoms with Gasteiger partial charge in [0.25, 0.3) is 5.91 Å². The van der Waals surface area contributed by atoms with Crippen LogP contribution in [0.25, 0.3) is 0 Å². The molecule has 1 heterocycles. The first kappa shape index (κ1) is 15.3. The maximum atomic E-state index is 11.9. The van der Waals surface area contributed by atoms with Crippen molar-refractivity contribution < 1.29 is 9.53 Å². The van der Waals surface area contributed by atoms with E-state index in [1.165, 1.54) is 24.2 Å². The summed E-state index contributed by atoms with van der Waals surface area (Å²) in [4.78, 5) is 13.6. The lowest BCUT2D eigenvalue weighted by atomic mass is 10.2. The minimum absolute atomic E-state index is 0. The van der Waals surface area contributed by atoms with E-state index in [-0.39, 0.29) is 24.4 Å². The SMILES string of the molecule is COc1cc(C)sc1C(=O)NCC(N)C1CC1.Cl. The van der Waals surface area contributed by atoms with Crippen LogP contribution in [-0.2, 0) is 0 Å². The van der Waals surface area contributed by atoms with Crippen LogP contribution in [0.2, 0.25) is 0 Å². The number of halogens is 1. The lowest BCUT2D eigenvalue weighted by molar-refractivity contribution is 0.0951. The molecule has 3 N–H and O–H groups in total. The molecule has 1 aliphatic rings. The average Bonchev–Trinajstić information content (AvgIpc) is 3.09. The molecule has 102 valence electrons. The number of carbonyl (C=O) groups excluding carboxylic acids is 1. The summed E-state index contributed by atoms with van der Waals surface area (Å²) in [7, 11) is 1.58. The number of hydrogen-bond acceptors (Lipinski definition) is 4. The zero-order valence-corrected chi connectivity index (χ0v) is 12.2. The molecule has 1 atom stereocenters. The summed E-state index contributed by atoms with van der Waals surface area (Å²) in [6.45, 7) is 2.50. The van der Waals surface area contributed by atoms with Crippen LogP contribution in [0.5, 0.6) is 5.75 Å². The summed E-state index contributed by atoms with van der Waals surface area (Å²) in [6.07, 6.45) is 2.39. The Labute approximate surface area is 117 Å². The summed E-state index contributed by atoms with van der Waals surface area (Å²) in [5, 5.41) is 2.87. The minimum atomic E-state index is -0.0870. The number of nitrogens with two attached hydrogens (primary N) is 1. The van der Waals surface area contributed by atoms with Crippen LogP contribution in [0, 0.1) is 12.8 Å². The molecule has 2 rings (SSSR count). The Hall–Kier alpha value is -0.780. The van der Waals surface area contributed by atoms with Crippen molar-refractivity contribution in [1.29, 1.82) is 0 Å². The fraction of sp³-hybridized carbons (Fsp3) is 0.583. The summed E-state index contributed by atoms with van der Waals surface area (Å²) in [5.41, 5.74) is 5.94. The third-order valence-corrected chi connectivity index (χ3v) is 4.00. The Balaban J connectivity index is 0.00000162. The monoisotopic (exact) mass is 290 g/mol. The molecular formula is C12H19ClN2O2S. The van der Waals surface area contributed by atoms with E-state index >= 15 is 0 Å². The molecule has 1 fully saturated rings. The van der Waals surface area contributed by atoms with Crippen molar-refractivity contribution in [2.24, 2.45) is 11.7 Å². The molecule has 1 aromatic rings. The molecule has 1 saturated carbocycles. The smallest absolute Gasteiger partial charge is 0.265 e. The van der Waals surface area contributed by atoms with Gasteiger partial charge in [0.2, 0.25) is 0 Å². The van der Waals surface area contributed by atoms with E-state index in [0.29, 0.717) is 23.1 Å². The maximum absolute atomic E-state index is 11.9. The van der Waals surface area contributed by atoms with E-state index in [0.717, 1.165) is 4.88 Å². The van der Waals surface area contributed by atoms with Crippen LogP contribution < -0.4 is 15.8 Å². The highest BCUT2D eigenvalue weighted by atomic mass is 35.5. The highest BCUT2D eigenvalue weighted by Gasteiger charge is 2.28. The third-order valence-electron chi connectivity index (χ3n) is 2.97. The van der Waals surface area contributed by atoms with Crippen molar-refractivity contribution in [2.75, 3.05) is 13.7 Å². The van der Waals surface area contributed by atoms with Crippen molar-refractivity contribution in [1.82, 2.24) is 5.32 Å². The number of aryl methyl sites for hydroxylation is 1. The van der Waals surface area contributed by atoms with Gasteiger partial charge < -0.3 is 15.8 Å². The number of ether oxygens (including phenoxy) is 1. The number of nitrogens with one attached hydrogen (secondary N) is 1. The highest BCUT2D eigenvalue weighted by molar-refractivity contribution is 7.14. The second-order valence-corrected chi connectivity index (χ2v) is 5.72. The predicted molar refractivity (Wildman–Crippen MR) is 75.9 cm³/mol. The number of thiophene rings is 1. The lowest BCUT2D eigenvalue weighted by Crippen LogP contribution is -2.38. The van der Waals surface area contributed by atoms with Gasteiger partial charge >= 0.3 is 0 Å². The first-order valence-electron chi connectivity index (χ1n) is 5.80. The fourth-order valence-electron chi connectivity index (χ4n) is 1.78. The first-order chi connectivity index (χ1) is 8.11. The molecule has 1 aliphatic carbocycles. The molecule has 18 heavy (non-hydrogen) atoms. The fourth-order valence-corrected chi connectivity index (χ4v) is 2.68. The van der Waals surface area contributed by atoms with Gasteiger partial charge in [0, 0.05) is 17.5 Å². The van der Waals surface area contributed by atoms with E-state index in [1.54, 1.807) is 7.11 Å². The number of rotatable bonds is 5. The molecule has 0 saturated heterocycles. The van der Waals surface area contributed by atoms with Crippen LogP contribution in [-0.4, -0.2) is 25.6 Å². The van der Waals surface area contributed by atoms with E-state index in [2.05, 4.69) is 5.32 Å². The van der Waals surface area contributed by atoms with E-state index in [1.807, 2.05) is 13.0 Å². The van der Waals surface area contributed by atoms with Gasteiger partial charge in [-0.2, -0.15) is 0 Å². The summed E-state index contributed by atoms with van der Waals surface area (Å²) < 4.78 is 5.17. The zero-order valence-electron chi connectivity index (χ0n) is 10.6. The van der Waals surface area contributed by atoms with Gasteiger partial charge in [-0.05, 0) is 31.7 Å². The molecule has 1 unspecified atom stereocenters. The molecular weight excluding hydrogens is 272 g/mol. The molecule has 6 heteroatoms. The van der Waals surface area contributed by atoms with Crippen LogP contribution in [0.3, 0.4) is 0 Å². The first-order valence-corrected chi connectivity index (χ1v) is 6.61. The molecule has 0 spiro atoms. The molecule has 1 aromatic heterocycles. The zero-order chi connectivity index (χ0) is 12.4. The predicted octanol–water partition coefficient (Wildman–Crippen LogP) is 1.95. The van der Waals surface area contributed by atoms with Gasteiger partial charge in [0.05, 0.1) is 7.11 Å². The number of methoxy groups -OCH3 is 1. The van der Waals surface area contributed by atoms with Gasteiger partial charge in [-0.25, -0.2) is 0 Å². The number of amides is 1. The summed E-state index contributed by atoms with van der Waals surface area (Å²) in [6, 6.07) is 1.96. The quantitative estimate of drug-likeness (QED) is 0.871. The molecule has 0 bridgehead atoms. The Morgan fingerprint density at radius 1 is 1.67 bits per heavy atom. The van der Waals surface area contributed by atoms with E-state index < -0.39 is 0 Å². The number of hydrogen-bond donors (Lipinski definition) is 2. The van der Waals surface area contributed by atoms with Crippen molar-refractivity contribution in [3.05, 3.63) is 15.8 Å². The van der Waals surface area contributed by atoms with Gasteiger partial charge in [-0.1, -0.05) is 0 Å². The Bertz CT molecular complexity index is 418. The summed E-state index contributed by atoms with van der Waals surface area (Å²) >= 11 is 1.44. The lowest BCUT2D eigenvalue weighted by Gasteiger charge is -2.11. The number of carbonyl (C=O) groups is 1. The Kier molecular flexibility index (Phi) is 5.44. The van der Waals surface area contributed by atoms with Crippen molar-refractivity contribution >= 4 is 29.7 Å². The second kappa shape index (κ2) is 6.41. The van der Waals surface area contributed by atoms with Gasteiger partial charge in [0.1, 0.15) is 10.6 Å². The van der Waals surface area contributed by atoms with Crippen LogP contribution in [0.15, 0.2) is 6.07 Å². The van der Waals surface area contributed by atoms with Crippen molar-refractivity contribution in [3.8, 4) is 5.75 Å². The van der Waals surface area contributed by atoms with Crippen LogP contribution >= 0.6 is 23.7 Å². The molecule has 0 aliphatic heterocycles. The third kappa shape index (κ3) is 3.60. The Morgan fingerprint density at radius 3 is 2.89 bits per heavy atom. The van der Waals surface area contributed by atoms with E-state index in [9.17, 15) is 4.79 Å². The molecule has 4 nitrogen and oxygen atoms in total. The van der Waals surface area contributed by atoms with Gasteiger partial charge in [0.15, 0.2) is 0 Å². The van der Waals surface area contributed by atoms with Gasteiger partial charge in [-0.3, -0.25) is 4.79 Å². The van der Waals surface area contributed by atoms with Gasteiger partial charge in [-0.15, -0.1) is 23.7 Å². The Morgan fingerprint density at radius 2 is 2.33 bits per heavy atom. The summed E-state index contributed by atoms with van der Waals surface area (Å²) in [5.74, 6) is 1.16. The molecule has 1 amide bonds. The largest absolute Gasteiger partial charge is 0.495 e. The minimum Gasteiger partial charge on any atom is -0.495 e. The molecule has 0 radical (unpaired) electrons. The standard InChI is InChI=1S/C12H18N2O2S.ClH/c1-7-5-10(16-2)11(17-7)12(15)14-6-9(13)8-3-4-8;/h5,8-9H,3-4,6,13H2,1-2H3,(H,14,15);1H. The van der Waals surface area contributed by atoms with Crippen molar-refractivity contribution in [3.63, 3.8) is 0 Å². The normalized spacial score (nSPS) is 15.7. The average molecular weight is 291 g/mol. The van der Waals surface area contributed by atoms with Crippen molar-refractivity contribution in [2.45, 2.75) is 25.8 Å².